The Bertz CT molecular complexity index is 706. The molecule has 1 fully saturated rings. The van der Waals surface area contributed by atoms with E-state index < -0.39 is 0 Å². The maximum atomic E-state index is 13.0. The molecule has 1 unspecified atom stereocenters. The molecule has 1 aliphatic heterocycles. The summed E-state index contributed by atoms with van der Waals surface area (Å²) >= 11 is 3.51. The number of rotatable bonds is 4. The lowest BCUT2D eigenvalue weighted by Crippen LogP contribution is -2.35. The average molecular weight is 377 g/mol. The number of hydrogen-bond donors (Lipinski definition) is 1. The van der Waals surface area contributed by atoms with Crippen molar-refractivity contribution >= 4 is 27.7 Å². The molecule has 0 radical (unpaired) electrons. The molecule has 1 saturated heterocycles. The topological polar surface area (TPSA) is 50.2 Å². The van der Waals surface area contributed by atoms with E-state index in [2.05, 4.69) is 31.2 Å². The average Bonchev–Trinajstić information content (AvgIpc) is 3.10. The van der Waals surface area contributed by atoms with Gasteiger partial charge in [0.15, 0.2) is 0 Å². The van der Waals surface area contributed by atoms with Gasteiger partial charge >= 0.3 is 0 Å². The molecule has 1 N–H and O–H groups in total. The van der Waals surface area contributed by atoms with E-state index in [0.717, 1.165) is 47.5 Å². The number of likely N-dealkylation sites (tertiary alicyclic amines) is 1. The second-order valence-corrected chi connectivity index (χ2v) is 6.90. The molecule has 6 heteroatoms. The van der Waals surface area contributed by atoms with Crippen LogP contribution in [-0.4, -0.2) is 33.7 Å². The van der Waals surface area contributed by atoms with Crippen molar-refractivity contribution in [3.63, 3.8) is 0 Å². The standard InChI is InChI=1S/C17H21BrN4O/c1-12-10-15(21(2)20-12)19-17(23)16(22-8-3-4-9-22)13-6-5-7-14(18)11-13/h5-7,10-11,16H,3-4,8-9H2,1-2H3,(H,19,23). The van der Waals surface area contributed by atoms with Crippen molar-refractivity contribution in [3.05, 3.63) is 46.1 Å². The smallest absolute Gasteiger partial charge is 0.247 e. The highest BCUT2D eigenvalue weighted by Crippen LogP contribution is 2.28. The van der Waals surface area contributed by atoms with Gasteiger partial charge < -0.3 is 5.32 Å². The summed E-state index contributed by atoms with van der Waals surface area (Å²) < 4.78 is 2.69. The Balaban J connectivity index is 1.88. The minimum atomic E-state index is -0.273. The highest BCUT2D eigenvalue weighted by molar-refractivity contribution is 9.10. The predicted octanol–water partition coefficient (Wildman–Crippen LogP) is 3.27. The lowest BCUT2D eigenvalue weighted by Gasteiger charge is -2.27. The first-order chi connectivity index (χ1) is 11.0. The van der Waals surface area contributed by atoms with E-state index in [-0.39, 0.29) is 11.9 Å². The van der Waals surface area contributed by atoms with Gasteiger partial charge in [-0.1, -0.05) is 28.1 Å². The Morgan fingerprint density at radius 2 is 2.04 bits per heavy atom. The van der Waals surface area contributed by atoms with Crippen molar-refractivity contribution in [1.82, 2.24) is 14.7 Å². The zero-order valence-electron chi connectivity index (χ0n) is 13.4. The minimum absolute atomic E-state index is 0.00648. The Morgan fingerprint density at radius 3 is 2.65 bits per heavy atom. The van der Waals surface area contributed by atoms with Gasteiger partial charge in [0.2, 0.25) is 5.91 Å². The van der Waals surface area contributed by atoms with Gasteiger partial charge in [0, 0.05) is 17.6 Å². The second-order valence-electron chi connectivity index (χ2n) is 5.98. The van der Waals surface area contributed by atoms with Crippen molar-refractivity contribution in [2.45, 2.75) is 25.8 Å². The third-order valence-electron chi connectivity index (χ3n) is 4.17. The Morgan fingerprint density at radius 1 is 1.30 bits per heavy atom. The van der Waals surface area contributed by atoms with E-state index in [1.807, 2.05) is 44.3 Å². The lowest BCUT2D eigenvalue weighted by atomic mass is 10.0. The van der Waals surface area contributed by atoms with E-state index in [1.54, 1.807) is 4.68 Å². The van der Waals surface area contributed by atoms with Crippen molar-refractivity contribution in [2.75, 3.05) is 18.4 Å². The SMILES string of the molecule is Cc1cc(NC(=O)C(c2cccc(Br)c2)N2CCCC2)n(C)n1. The summed E-state index contributed by atoms with van der Waals surface area (Å²) in [5.41, 5.74) is 1.90. The highest BCUT2D eigenvalue weighted by atomic mass is 79.9. The number of benzene rings is 1. The van der Waals surface area contributed by atoms with E-state index in [1.165, 1.54) is 0 Å². The summed E-state index contributed by atoms with van der Waals surface area (Å²) in [4.78, 5) is 15.2. The summed E-state index contributed by atoms with van der Waals surface area (Å²) in [5, 5.41) is 7.32. The minimum Gasteiger partial charge on any atom is -0.309 e. The summed E-state index contributed by atoms with van der Waals surface area (Å²) in [7, 11) is 1.84. The Labute approximate surface area is 144 Å². The van der Waals surface area contributed by atoms with Crippen LogP contribution in [0.1, 0.15) is 30.1 Å². The Kier molecular flexibility index (Phi) is 4.82. The van der Waals surface area contributed by atoms with Gasteiger partial charge in [-0.15, -0.1) is 0 Å². The van der Waals surface area contributed by atoms with Crippen LogP contribution in [0, 0.1) is 6.92 Å². The van der Waals surface area contributed by atoms with Gasteiger partial charge in [0.05, 0.1) is 5.69 Å². The number of carbonyl (C=O) groups is 1. The first-order valence-electron chi connectivity index (χ1n) is 7.85. The van der Waals surface area contributed by atoms with E-state index in [0.29, 0.717) is 0 Å². The van der Waals surface area contributed by atoms with Crippen LogP contribution in [0.25, 0.3) is 0 Å². The van der Waals surface area contributed by atoms with Gasteiger partial charge in [-0.2, -0.15) is 5.10 Å². The molecule has 2 aromatic rings. The summed E-state index contributed by atoms with van der Waals surface area (Å²) in [6.07, 6.45) is 2.28. The van der Waals surface area contributed by atoms with Crippen molar-refractivity contribution < 1.29 is 4.79 Å². The molecule has 0 saturated carbocycles. The highest BCUT2D eigenvalue weighted by Gasteiger charge is 2.30. The molecule has 23 heavy (non-hydrogen) atoms. The first kappa shape index (κ1) is 16.2. The molecule has 0 aliphatic carbocycles. The lowest BCUT2D eigenvalue weighted by molar-refractivity contribution is -0.121. The molecule has 1 aliphatic rings. The fourth-order valence-electron chi connectivity index (χ4n) is 3.13. The predicted molar refractivity (Wildman–Crippen MR) is 94.3 cm³/mol. The molecular formula is C17H21BrN4O. The Hall–Kier alpha value is -1.66. The van der Waals surface area contributed by atoms with E-state index in [4.69, 9.17) is 0 Å². The maximum Gasteiger partial charge on any atom is 0.247 e. The number of nitrogens with one attached hydrogen (secondary N) is 1. The number of aromatic nitrogens is 2. The van der Waals surface area contributed by atoms with Crippen LogP contribution in [0.4, 0.5) is 5.82 Å². The molecule has 0 spiro atoms. The van der Waals surface area contributed by atoms with E-state index in [9.17, 15) is 4.79 Å². The molecule has 1 aromatic carbocycles. The number of nitrogens with zero attached hydrogens (tertiary/aromatic N) is 3. The van der Waals surface area contributed by atoms with Gasteiger partial charge in [-0.05, 0) is 50.6 Å². The molecule has 1 amide bonds. The monoisotopic (exact) mass is 376 g/mol. The number of carbonyl (C=O) groups excluding carboxylic acids is 1. The third kappa shape index (κ3) is 3.64. The van der Waals surface area contributed by atoms with Gasteiger partial charge in [-0.25, -0.2) is 0 Å². The first-order valence-corrected chi connectivity index (χ1v) is 8.65. The normalized spacial score (nSPS) is 16.5. The van der Waals surface area contributed by atoms with Crippen molar-refractivity contribution in [3.8, 4) is 0 Å². The number of hydrogen-bond acceptors (Lipinski definition) is 3. The molecule has 122 valence electrons. The van der Waals surface area contributed by atoms with Crippen LogP contribution >= 0.6 is 15.9 Å². The van der Waals surface area contributed by atoms with Crippen LogP contribution in [0.15, 0.2) is 34.8 Å². The maximum absolute atomic E-state index is 13.0. The van der Waals surface area contributed by atoms with Gasteiger partial charge in [0.25, 0.3) is 0 Å². The zero-order chi connectivity index (χ0) is 16.4. The number of aryl methyl sites for hydroxylation is 2. The molecule has 3 rings (SSSR count). The van der Waals surface area contributed by atoms with Crippen LogP contribution in [-0.2, 0) is 11.8 Å². The number of halogens is 1. The van der Waals surface area contributed by atoms with Gasteiger partial charge in [-0.3, -0.25) is 14.4 Å². The third-order valence-corrected chi connectivity index (χ3v) is 4.67. The summed E-state index contributed by atoms with van der Waals surface area (Å²) in [5.74, 6) is 0.722. The molecule has 0 bridgehead atoms. The van der Waals surface area contributed by atoms with Gasteiger partial charge in [0.1, 0.15) is 11.9 Å². The molecule has 5 nitrogen and oxygen atoms in total. The quantitative estimate of drug-likeness (QED) is 0.890. The fourth-order valence-corrected chi connectivity index (χ4v) is 3.54. The summed E-state index contributed by atoms with van der Waals surface area (Å²) in [6.45, 7) is 3.83. The fraction of sp³-hybridized carbons (Fsp3) is 0.412. The summed E-state index contributed by atoms with van der Waals surface area (Å²) in [6, 6.07) is 9.61. The van der Waals surface area contributed by atoms with Crippen LogP contribution in [0.2, 0.25) is 0 Å². The van der Waals surface area contributed by atoms with Crippen molar-refractivity contribution in [1.29, 1.82) is 0 Å². The van der Waals surface area contributed by atoms with Crippen LogP contribution < -0.4 is 5.32 Å². The van der Waals surface area contributed by atoms with E-state index >= 15 is 0 Å². The number of amides is 1. The second kappa shape index (κ2) is 6.84. The molecule has 1 aromatic heterocycles. The van der Waals surface area contributed by atoms with Crippen molar-refractivity contribution in [2.24, 2.45) is 7.05 Å². The van der Waals surface area contributed by atoms with Crippen LogP contribution in [0.3, 0.4) is 0 Å². The number of anilines is 1. The zero-order valence-corrected chi connectivity index (χ0v) is 15.0. The molecule has 2 heterocycles. The molecular weight excluding hydrogens is 356 g/mol. The molecule has 1 atom stereocenters. The largest absolute Gasteiger partial charge is 0.309 e. The van der Waals surface area contributed by atoms with Crippen LogP contribution in [0.5, 0.6) is 0 Å².